The van der Waals surface area contributed by atoms with E-state index in [1.165, 1.54) is 0 Å². The Kier molecular flexibility index (Phi) is 2.36. The van der Waals surface area contributed by atoms with E-state index in [1.54, 1.807) is 4.68 Å². The highest BCUT2D eigenvalue weighted by Gasteiger charge is 2.25. The lowest BCUT2D eigenvalue weighted by Crippen LogP contribution is -2.25. The predicted molar refractivity (Wildman–Crippen MR) is 68.5 cm³/mol. The molecule has 18 heavy (non-hydrogen) atoms. The molecule has 0 saturated heterocycles. The molecule has 0 aliphatic heterocycles. The van der Waals surface area contributed by atoms with Gasteiger partial charge in [0.05, 0.1) is 16.6 Å². The normalized spacial score (nSPS) is 15.1. The zero-order chi connectivity index (χ0) is 12.9. The number of aryl methyl sites for hydroxylation is 3. The molecule has 1 aliphatic rings. The molecule has 5 heteroatoms. The standard InChI is InChI=1S/C13H16N4O/c1-7-6-10(13(18)15-9-4-5-9)11-8(2)16-17(3)12(11)14-7/h6,9H,4-5H2,1-3H3,(H,15,18). The summed E-state index contributed by atoms with van der Waals surface area (Å²) in [7, 11) is 1.85. The van der Waals surface area contributed by atoms with E-state index in [1.807, 2.05) is 27.0 Å². The summed E-state index contributed by atoms with van der Waals surface area (Å²) in [5, 5.41) is 8.23. The average molecular weight is 244 g/mol. The van der Waals surface area contributed by atoms with Crippen molar-refractivity contribution in [1.82, 2.24) is 20.1 Å². The average Bonchev–Trinajstić information content (AvgIpc) is 3.06. The van der Waals surface area contributed by atoms with Gasteiger partial charge in [0.1, 0.15) is 0 Å². The van der Waals surface area contributed by atoms with E-state index < -0.39 is 0 Å². The molecule has 0 bridgehead atoms. The smallest absolute Gasteiger partial charge is 0.252 e. The lowest BCUT2D eigenvalue weighted by Gasteiger charge is -2.06. The topological polar surface area (TPSA) is 59.8 Å². The van der Waals surface area contributed by atoms with E-state index in [0.717, 1.165) is 35.3 Å². The van der Waals surface area contributed by atoms with Crippen LogP contribution >= 0.6 is 0 Å². The van der Waals surface area contributed by atoms with Gasteiger partial charge in [-0.05, 0) is 32.8 Å². The molecule has 94 valence electrons. The van der Waals surface area contributed by atoms with Crippen LogP contribution in [0.15, 0.2) is 6.07 Å². The van der Waals surface area contributed by atoms with Crippen molar-refractivity contribution in [2.45, 2.75) is 32.7 Å². The molecule has 2 heterocycles. The Morgan fingerprint density at radius 2 is 2.17 bits per heavy atom. The number of hydrogen-bond acceptors (Lipinski definition) is 3. The minimum Gasteiger partial charge on any atom is -0.349 e. The number of hydrogen-bond donors (Lipinski definition) is 1. The quantitative estimate of drug-likeness (QED) is 0.870. The third-order valence-electron chi connectivity index (χ3n) is 3.25. The summed E-state index contributed by atoms with van der Waals surface area (Å²) in [5.74, 6) is -0.0101. The van der Waals surface area contributed by atoms with Gasteiger partial charge in [-0.1, -0.05) is 0 Å². The molecule has 0 aromatic carbocycles. The molecule has 0 unspecified atom stereocenters. The molecule has 0 atom stereocenters. The highest BCUT2D eigenvalue weighted by molar-refractivity contribution is 6.06. The van der Waals surface area contributed by atoms with Crippen LogP contribution in [0.25, 0.3) is 11.0 Å². The van der Waals surface area contributed by atoms with Crippen molar-refractivity contribution in [1.29, 1.82) is 0 Å². The van der Waals surface area contributed by atoms with Crippen LogP contribution in [0.3, 0.4) is 0 Å². The maximum absolute atomic E-state index is 12.2. The second-order valence-corrected chi connectivity index (χ2v) is 4.97. The largest absolute Gasteiger partial charge is 0.349 e. The first-order valence-corrected chi connectivity index (χ1v) is 6.18. The van der Waals surface area contributed by atoms with Crippen LogP contribution in [0, 0.1) is 13.8 Å². The van der Waals surface area contributed by atoms with Crippen molar-refractivity contribution in [3.63, 3.8) is 0 Å². The van der Waals surface area contributed by atoms with E-state index in [4.69, 9.17) is 0 Å². The molecular formula is C13H16N4O. The fourth-order valence-electron chi connectivity index (χ4n) is 2.24. The zero-order valence-corrected chi connectivity index (χ0v) is 10.8. The highest BCUT2D eigenvalue weighted by Crippen LogP contribution is 2.24. The van der Waals surface area contributed by atoms with Crippen LogP contribution < -0.4 is 5.32 Å². The molecule has 1 saturated carbocycles. The van der Waals surface area contributed by atoms with Gasteiger partial charge in [-0.25, -0.2) is 4.98 Å². The first kappa shape index (κ1) is 11.2. The van der Waals surface area contributed by atoms with Crippen molar-refractivity contribution in [2.75, 3.05) is 0 Å². The minimum absolute atomic E-state index is 0.0101. The SMILES string of the molecule is Cc1cc(C(=O)NC2CC2)c2c(C)nn(C)c2n1. The van der Waals surface area contributed by atoms with Gasteiger partial charge in [-0.15, -0.1) is 0 Å². The molecule has 0 radical (unpaired) electrons. The van der Waals surface area contributed by atoms with Crippen LogP contribution in [-0.2, 0) is 7.05 Å². The third kappa shape index (κ3) is 1.75. The van der Waals surface area contributed by atoms with Crippen molar-refractivity contribution < 1.29 is 4.79 Å². The molecule has 1 aliphatic carbocycles. The minimum atomic E-state index is -0.0101. The summed E-state index contributed by atoms with van der Waals surface area (Å²) in [6.45, 7) is 3.81. The maximum atomic E-state index is 12.2. The summed E-state index contributed by atoms with van der Waals surface area (Å²) in [5.41, 5.74) is 3.15. The lowest BCUT2D eigenvalue weighted by molar-refractivity contribution is 0.0952. The van der Waals surface area contributed by atoms with Gasteiger partial charge < -0.3 is 5.32 Å². The van der Waals surface area contributed by atoms with Gasteiger partial charge in [-0.3, -0.25) is 9.48 Å². The second kappa shape index (κ2) is 3.80. The molecular weight excluding hydrogens is 228 g/mol. The fourth-order valence-corrected chi connectivity index (χ4v) is 2.24. The van der Waals surface area contributed by atoms with Gasteiger partial charge in [0.15, 0.2) is 5.65 Å². The number of nitrogens with zero attached hydrogens (tertiary/aromatic N) is 3. The Bertz CT molecular complexity index is 640. The Morgan fingerprint density at radius 3 is 2.83 bits per heavy atom. The molecule has 2 aromatic heterocycles. The number of carbonyl (C=O) groups is 1. The molecule has 1 N–H and O–H groups in total. The Balaban J connectivity index is 2.16. The molecule has 1 fully saturated rings. The van der Waals surface area contributed by atoms with Crippen LogP contribution in [0.1, 0.15) is 34.6 Å². The van der Waals surface area contributed by atoms with Crippen LogP contribution in [0.4, 0.5) is 0 Å². The number of pyridine rings is 1. The van der Waals surface area contributed by atoms with Crippen LogP contribution in [0.2, 0.25) is 0 Å². The number of fused-ring (bicyclic) bond motifs is 1. The molecule has 1 amide bonds. The van der Waals surface area contributed by atoms with E-state index in [-0.39, 0.29) is 5.91 Å². The van der Waals surface area contributed by atoms with Crippen molar-refractivity contribution in [3.05, 3.63) is 23.0 Å². The van der Waals surface area contributed by atoms with Gasteiger partial charge in [0.25, 0.3) is 5.91 Å². The Hall–Kier alpha value is -1.91. The number of carbonyl (C=O) groups excluding carboxylic acids is 1. The van der Waals surface area contributed by atoms with E-state index >= 15 is 0 Å². The van der Waals surface area contributed by atoms with Crippen LogP contribution in [-0.4, -0.2) is 26.7 Å². The van der Waals surface area contributed by atoms with Crippen molar-refractivity contribution in [2.24, 2.45) is 7.05 Å². The summed E-state index contributed by atoms with van der Waals surface area (Å²) >= 11 is 0. The summed E-state index contributed by atoms with van der Waals surface area (Å²) in [6.07, 6.45) is 2.18. The first-order chi connectivity index (χ1) is 8.56. The zero-order valence-electron chi connectivity index (χ0n) is 10.8. The summed E-state index contributed by atoms with van der Waals surface area (Å²) in [6, 6.07) is 2.20. The molecule has 3 rings (SSSR count). The lowest BCUT2D eigenvalue weighted by atomic mass is 10.1. The van der Waals surface area contributed by atoms with E-state index in [9.17, 15) is 4.79 Å². The van der Waals surface area contributed by atoms with Crippen molar-refractivity contribution in [3.8, 4) is 0 Å². The van der Waals surface area contributed by atoms with Gasteiger partial charge in [-0.2, -0.15) is 5.10 Å². The highest BCUT2D eigenvalue weighted by atomic mass is 16.1. The summed E-state index contributed by atoms with van der Waals surface area (Å²) < 4.78 is 1.73. The van der Waals surface area contributed by atoms with Gasteiger partial charge in [0, 0.05) is 18.8 Å². The Morgan fingerprint density at radius 1 is 1.44 bits per heavy atom. The third-order valence-corrected chi connectivity index (χ3v) is 3.25. The monoisotopic (exact) mass is 244 g/mol. The van der Waals surface area contributed by atoms with Gasteiger partial charge >= 0.3 is 0 Å². The summed E-state index contributed by atoms with van der Waals surface area (Å²) in [4.78, 5) is 16.7. The van der Waals surface area contributed by atoms with E-state index in [0.29, 0.717) is 11.6 Å². The number of aromatic nitrogens is 3. The van der Waals surface area contributed by atoms with Crippen LogP contribution in [0.5, 0.6) is 0 Å². The molecule has 0 spiro atoms. The first-order valence-electron chi connectivity index (χ1n) is 6.18. The number of amides is 1. The maximum Gasteiger partial charge on any atom is 0.252 e. The Labute approximate surface area is 105 Å². The molecule has 2 aromatic rings. The number of rotatable bonds is 2. The second-order valence-electron chi connectivity index (χ2n) is 4.97. The van der Waals surface area contributed by atoms with E-state index in [2.05, 4.69) is 15.4 Å². The molecule has 5 nitrogen and oxygen atoms in total. The predicted octanol–water partition coefficient (Wildman–Crippen LogP) is 1.48. The van der Waals surface area contributed by atoms with Crippen molar-refractivity contribution >= 4 is 16.9 Å². The number of nitrogens with one attached hydrogen (secondary N) is 1. The van der Waals surface area contributed by atoms with Gasteiger partial charge in [0.2, 0.25) is 0 Å². The fraction of sp³-hybridized carbons (Fsp3) is 0.462.